The van der Waals surface area contributed by atoms with E-state index in [1.165, 1.54) is 5.75 Å². The Morgan fingerprint density at radius 1 is 1.47 bits per heavy atom. The molecule has 0 saturated carbocycles. The van der Waals surface area contributed by atoms with Crippen molar-refractivity contribution in [1.82, 2.24) is 0 Å². The number of nitrogens with two attached hydrogens (primary N) is 1. The number of hydrogen-bond acceptors (Lipinski definition) is 3. The summed E-state index contributed by atoms with van der Waals surface area (Å²) in [4.78, 5) is 0. The first kappa shape index (κ1) is 12.2. The second-order valence-electron chi connectivity index (χ2n) is 4.01. The smallest absolute Gasteiger partial charge is 0.0364 e. The average molecular weight is 224 g/mol. The third-order valence-corrected chi connectivity index (χ3v) is 3.29. The molecule has 3 N–H and O–H groups in total. The summed E-state index contributed by atoms with van der Waals surface area (Å²) >= 11 is 1.89. The fourth-order valence-corrected chi connectivity index (χ4v) is 2.07. The van der Waals surface area contributed by atoms with Crippen molar-refractivity contribution in [3.05, 3.63) is 23.8 Å². The first-order valence-electron chi connectivity index (χ1n) is 5.22. The van der Waals surface area contributed by atoms with Gasteiger partial charge in [-0.25, -0.2) is 0 Å². The van der Waals surface area contributed by atoms with Gasteiger partial charge in [-0.2, -0.15) is 11.8 Å². The highest BCUT2D eigenvalue weighted by Gasteiger charge is 2.01. The molecular weight excluding hydrogens is 204 g/mol. The highest BCUT2D eigenvalue weighted by molar-refractivity contribution is 7.98. The van der Waals surface area contributed by atoms with Gasteiger partial charge in [0.1, 0.15) is 0 Å². The van der Waals surface area contributed by atoms with Crippen LogP contribution >= 0.6 is 11.8 Å². The summed E-state index contributed by atoms with van der Waals surface area (Å²) in [5.74, 6) is 1.87. The molecule has 1 atom stereocenters. The van der Waals surface area contributed by atoms with E-state index >= 15 is 0 Å². The number of hydrogen-bond donors (Lipinski definition) is 2. The molecular formula is C12H20N2S. The zero-order valence-corrected chi connectivity index (χ0v) is 10.5. The first-order valence-corrected chi connectivity index (χ1v) is 6.61. The van der Waals surface area contributed by atoms with E-state index < -0.39 is 0 Å². The molecule has 84 valence electrons. The number of rotatable bonds is 5. The normalized spacial score (nSPS) is 12.5. The number of anilines is 2. The minimum atomic E-state index is 0.683. The molecule has 0 aromatic heterocycles. The number of benzene rings is 1. The predicted octanol–water partition coefficient (Wildman–Crippen LogP) is 2.99. The van der Waals surface area contributed by atoms with Crippen LogP contribution in [0.4, 0.5) is 11.4 Å². The van der Waals surface area contributed by atoms with E-state index in [4.69, 9.17) is 5.73 Å². The maximum Gasteiger partial charge on any atom is 0.0364 e. The minimum Gasteiger partial charge on any atom is -0.398 e. The summed E-state index contributed by atoms with van der Waals surface area (Å²) in [5, 5.41) is 3.40. The van der Waals surface area contributed by atoms with Crippen LogP contribution < -0.4 is 11.1 Å². The summed E-state index contributed by atoms with van der Waals surface area (Å²) < 4.78 is 0. The van der Waals surface area contributed by atoms with E-state index in [1.54, 1.807) is 0 Å². The molecule has 1 aromatic carbocycles. The van der Waals surface area contributed by atoms with Gasteiger partial charge < -0.3 is 11.1 Å². The molecule has 0 heterocycles. The van der Waals surface area contributed by atoms with Crippen molar-refractivity contribution in [3.8, 4) is 0 Å². The van der Waals surface area contributed by atoms with Crippen molar-refractivity contribution in [2.24, 2.45) is 5.92 Å². The molecule has 3 heteroatoms. The van der Waals surface area contributed by atoms with Crippen molar-refractivity contribution in [2.75, 3.05) is 29.6 Å². The molecule has 0 spiro atoms. The lowest BCUT2D eigenvalue weighted by Gasteiger charge is -2.13. The Hall–Kier alpha value is -0.830. The van der Waals surface area contributed by atoms with Crippen molar-refractivity contribution < 1.29 is 0 Å². The largest absolute Gasteiger partial charge is 0.398 e. The molecule has 1 unspecified atom stereocenters. The van der Waals surface area contributed by atoms with Gasteiger partial charge in [0, 0.05) is 17.9 Å². The Balaban J connectivity index is 2.47. The van der Waals surface area contributed by atoms with Crippen LogP contribution in [-0.4, -0.2) is 18.6 Å². The van der Waals surface area contributed by atoms with Crippen LogP contribution in [0, 0.1) is 12.8 Å². The van der Waals surface area contributed by atoms with Crippen LogP contribution in [0.1, 0.15) is 12.5 Å². The summed E-state index contributed by atoms with van der Waals surface area (Å²) in [6.07, 6.45) is 2.14. The monoisotopic (exact) mass is 224 g/mol. The van der Waals surface area contributed by atoms with Gasteiger partial charge in [-0.15, -0.1) is 0 Å². The Kier molecular flexibility index (Phi) is 4.82. The van der Waals surface area contributed by atoms with Gasteiger partial charge in [-0.3, -0.25) is 0 Å². The van der Waals surface area contributed by atoms with Crippen molar-refractivity contribution in [1.29, 1.82) is 0 Å². The molecule has 2 nitrogen and oxygen atoms in total. The maximum absolute atomic E-state index is 5.84. The van der Waals surface area contributed by atoms with E-state index in [0.717, 1.165) is 23.5 Å². The lowest BCUT2D eigenvalue weighted by Crippen LogP contribution is -2.13. The van der Waals surface area contributed by atoms with E-state index in [9.17, 15) is 0 Å². The summed E-state index contributed by atoms with van der Waals surface area (Å²) in [6.45, 7) is 5.28. The maximum atomic E-state index is 5.84. The minimum absolute atomic E-state index is 0.683. The zero-order valence-electron chi connectivity index (χ0n) is 9.71. The molecule has 0 radical (unpaired) electrons. The standard InChI is InChI=1S/C12H20N2S/c1-9(8-15-3)7-14-11-5-4-10(2)12(13)6-11/h4-6,9,14H,7-8,13H2,1-3H3. The number of nitrogen functional groups attached to an aromatic ring is 1. The summed E-state index contributed by atoms with van der Waals surface area (Å²) in [5.41, 5.74) is 8.95. The van der Waals surface area contributed by atoms with Crippen molar-refractivity contribution in [2.45, 2.75) is 13.8 Å². The molecule has 0 bridgehead atoms. The molecule has 0 aliphatic carbocycles. The van der Waals surface area contributed by atoms with E-state index in [-0.39, 0.29) is 0 Å². The van der Waals surface area contributed by atoms with Crippen LogP contribution in [0.3, 0.4) is 0 Å². The topological polar surface area (TPSA) is 38.0 Å². The second-order valence-corrected chi connectivity index (χ2v) is 4.92. The summed E-state index contributed by atoms with van der Waals surface area (Å²) in [6, 6.07) is 6.13. The van der Waals surface area contributed by atoms with Gasteiger partial charge in [0.25, 0.3) is 0 Å². The highest BCUT2D eigenvalue weighted by atomic mass is 32.2. The Morgan fingerprint density at radius 3 is 2.80 bits per heavy atom. The Bertz CT molecular complexity index is 312. The van der Waals surface area contributed by atoms with Crippen LogP contribution in [-0.2, 0) is 0 Å². The molecule has 0 fully saturated rings. The fourth-order valence-electron chi connectivity index (χ4n) is 1.39. The van der Waals surface area contributed by atoms with Gasteiger partial charge in [-0.05, 0) is 42.5 Å². The van der Waals surface area contributed by atoms with E-state index in [1.807, 2.05) is 24.8 Å². The average Bonchev–Trinajstić information content (AvgIpc) is 2.20. The lowest BCUT2D eigenvalue weighted by molar-refractivity contribution is 0.701. The highest BCUT2D eigenvalue weighted by Crippen LogP contribution is 2.17. The van der Waals surface area contributed by atoms with E-state index in [0.29, 0.717) is 5.92 Å². The van der Waals surface area contributed by atoms with Gasteiger partial charge in [0.05, 0.1) is 0 Å². The fraction of sp³-hybridized carbons (Fsp3) is 0.500. The molecule has 1 rings (SSSR count). The predicted molar refractivity (Wildman–Crippen MR) is 71.6 cm³/mol. The molecule has 0 aliphatic rings. The van der Waals surface area contributed by atoms with Crippen LogP contribution in [0.15, 0.2) is 18.2 Å². The molecule has 0 aliphatic heterocycles. The summed E-state index contributed by atoms with van der Waals surface area (Å²) in [7, 11) is 0. The molecule has 0 saturated heterocycles. The zero-order chi connectivity index (χ0) is 11.3. The first-order chi connectivity index (χ1) is 7.13. The van der Waals surface area contributed by atoms with E-state index in [2.05, 4.69) is 30.6 Å². The SMILES string of the molecule is CSCC(C)CNc1ccc(C)c(N)c1. The van der Waals surface area contributed by atoms with Gasteiger partial charge >= 0.3 is 0 Å². The quantitative estimate of drug-likeness (QED) is 0.755. The second kappa shape index (κ2) is 5.91. The Labute approximate surface area is 96.6 Å². The van der Waals surface area contributed by atoms with Crippen molar-refractivity contribution >= 4 is 23.1 Å². The van der Waals surface area contributed by atoms with Crippen molar-refractivity contribution in [3.63, 3.8) is 0 Å². The number of aryl methyl sites for hydroxylation is 1. The lowest BCUT2D eigenvalue weighted by atomic mass is 10.1. The third kappa shape index (κ3) is 4.04. The van der Waals surface area contributed by atoms with Crippen LogP contribution in [0.5, 0.6) is 0 Å². The molecule has 0 amide bonds. The van der Waals surface area contributed by atoms with Crippen LogP contribution in [0.25, 0.3) is 0 Å². The number of nitrogens with one attached hydrogen (secondary N) is 1. The van der Waals surface area contributed by atoms with Gasteiger partial charge in [-0.1, -0.05) is 13.0 Å². The van der Waals surface area contributed by atoms with Gasteiger partial charge in [0.2, 0.25) is 0 Å². The van der Waals surface area contributed by atoms with Crippen LogP contribution in [0.2, 0.25) is 0 Å². The Morgan fingerprint density at radius 2 is 2.20 bits per heavy atom. The molecule has 15 heavy (non-hydrogen) atoms. The molecule has 1 aromatic rings. The van der Waals surface area contributed by atoms with Gasteiger partial charge in [0.15, 0.2) is 0 Å². The third-order valence-electron chi connectivity index (χ3n) is 2.39. The number of thioether (sulfide) groups is 1.